The second kappa shape index (κ2) is 6.20. The topological polar surface area (TPSA) is 102 Å². The smallest absolute Gasteiger partial charge is 0.250 e. The zero-order valence-corrected chi connectivity index (χ0v) is 14.0. The van der Waals surface area contributed by atoms with Gasteiger partial charge in [-0.05, 0) is 35.7 Å². The van der Waals surface area contributed by atoms with Crippen molar-refractivity contribution in [3.05, 3.63) is 46.7 Å². The maximum atomic E-state index is 11.9. The zero-order chi connectivity index (χ0) is 16.4. The average Bonchev–Trinajstić information content (AvgIpc) is 3.12. The summed E-state index contributed by atoms with van der Waals surface area (Å²) in [4.78, 5) is 17.1. The molecule has 3 rings (SSSR count). The van der Waals surface area contributed by atoms with Crippen LogP contribution in [0.15, 0.2) is 46.7 Å². The van der Waals surface area contributed by atoms with E-state index in [9.17, 15) is 13.2 Å². The highest BCUT2D eigenvalue weighted by Crippen LogP contribution is 2.27. The van der Waals surface area contributed by atoms with Gasteiger partial charge < -0.3 is 0 Å². The first-order valence-electron chi connectivity index (χ1n) is 6.38. The highest BCUT2D eigenvalue weighted by atomic mass is 32.2. The van der Waals surface area contributed by atoms with Crippen LogP contribution in [0.2, 0.25) is 0 Å². The molecule has 6 nitrogen and oxygen atoms in total. The predicted molar refractivity (Wildman–Crippen MR) is 93.0 cm³/mol. The van der Waals surface area contributed by atoms with E-state index in [-0.39, 0.29) is 10.8 Å². The van der Waals surface area contributed by atoms with Crippen LogP contribution in [0.4, 0.5) is 5.13 Å². The van der Waals surface area contributed by atoms with Gasteiger partial charge in [0.25, 0.3) is 0 Å². The number of benzene rings is 1. The number of amides is 1. The molecule has 2 aromatic heterocycles. The Bertz CT molecular complexity index is 989. The molecule has 0 radical (unpaired) electrons. The Hall–Kier alpha value is -2.07. The summed E-state index contributed by atoms with van der Waals surface area (Å²) in [6.45, 7) is 0. The van der Waals surface area contributed by atoms with Gasteiger partial charge in [0.2, 0.25) is 15.9 Å². The fourth-order valence-corrected chi connectivity index (χ4v) is 3.97. The van der Waals surface area contributed by atoms with Crippen LogP contribution in [0, 0.1) is 0 Å². The summed E-state index contributed by atoms with van der Waals surface area (Å²) in [6, 6.07) is 8.20. The van der Waals surface area contributed by atoms with E-state index < -0.39 is 10.0 Å². The van der Waals surface area contributed by atoms with E-state index in [0.717, 1.165) is 4.88 Å². The molecule has 0 fully saturated rings. The van der Waals surface area contributed by atoms with Crippen molar-refractivity contribution in [2.75, 3.05) is 5.32 Å². The van der Waals surface area contributed by atoms with Crippen molar-refractivity contribution < 1.29 is 13.2 Å². The molecule has 1 amide bonds. The highest BCUT2D eigenvalue weighted by molar-refractivity contribution is 7.89. The van der Waals surface area contributed by atoms with E-state index in [4.69, 9.17) is 5.14 Å². The minimum Gasteiger partial charge on any atom is -0.298 e. The van der Waals surface area contributed by atoms with Gasteiger partial charge in [-0.15, -0.1) is 11.3 Å². The summed E-state index contributed by atoms with van der Waals surface area (Å²) in [6.07, 6.45) is 3.14. The van der Waals surface area contributed by atoms with Crippen molar-refractivity contribution >= 4 is 60.0 Å². The number of carbonyl (C=O) groups is 1. The molecule has 3 N–H and O–H groups in total. The molecule has 0 aliphatic carbocycles. The number of aromatic nitrogens is 1. The molecule has 0 aliphatic rings. The molecular formula is C14H11N3O3S3. The van der Waals surface area contributed by atoms with Crippen LogP contribution in [0.5, 0.6) is 0 Å². The Morgan fingerprint density at radius 2 is 2.13 bits per heavy atom. The number of primary sulfonamides is 1. The zero-order valence-electron chi connectivity index (χ0n) is 11.6. The molecular weight excluding hydrogens is 354 g/mol. The number of carbonyl (C=O) groups excluding carboxylic acids is 1. The molecule has 0 saturated carbocycles. The lowest BCUT2D eigenvalue weighted by Gasteiger charge is -1.95. The van der Waals surface area contributed by atoms with Gasteiger partial charge in [-0.3, -0.25) is 10.1 Å². The molecule has 3 aromatic rings. The number of thiophene rings is 1. The van der Waals surface area contributed by atoms with E-state index in [1.54, 1.807) is 12.1 Å². The number of hydrogen-bond donors (Lipinski definition) is 2. The van der Waals surface area contributed by atoms with Crippen LogP contribution in [0.3, 0.4) is 0 Å². The van der Waals surface area contributed by atoms with Crippen molar-refractivity contribution in [2.24, 2.45) is 5.14 Å². The average molecular weight is 365 g/mol. The molecule has 9 heteroatoms. The lowest BCUT2D eigenvalue weighted by atomic mass is 10.3. The summed E-state index contributed by atoms with van der Waals surface area (Å²) in [5.41, 5.74) is 0.597. The standard InChI is InChI=1S/C14H11N3O3S3/c15-23(19,20)10-4-5-11-12(8-10)22-14(16-11)17-13(18)6-3-9-2-1-7-21-9/h1-8H,(H2,15,19,20)(H,16,17,18). The fourth-order valence-electron chi connectivity index (χ4n) is 1.83. The number of rotatable bonds is 4. The number of sulfonamides is 1. The van der Waals surface area contributed by atoms with Gasteiger partial charge in [-0.2, -0.15) is 0 Å². The van der Waals surface area contributed by atoms with Crippen LogP contribution < -0.4 is 10.5 Å². The third-order valence-electron chi connectivity index (χ3n) is 2.86. The van der Waals surface area contributed by atoms with Crippen molar-refractivity contribution in [3.63, 3.8) is 0 Å². The van der Waals surface area contributed by atoms with Gasteiger partial charge in [0.05, 0.1) is 15.1 Å². The summed E-state index contributed by atoms with van der Waals surface area (Å²) >= 11 is 2.72. The number of fused-ring (bicyclic) bond motifs is 1. The first-order valence-corrected chi connectivity index (χ1v) is 9.62. The molecule has 0 bridgehead atoms. The first-order chi connectivity index (χ1) is 10.9. The molecule has 0 atom stereocenters. The van der Waals surface area contributed by atoms with Gasteiger partial charge in [0.1, 0.15) is 0 Å². The van der Waals surface area contributed by atoms with E-state index in [1.165, 1.54) is 40.9 Å². The molecule has 0 unspecified atom stereocenters. The second-order valence-corrected chi connectivity index (χ2v) is 8.10. The van der Waals surface area contributed by atoms with Crippen molar-refractivity contribution in [1.82, 2.24) is 4.98 Å². The highest BCUT2D eigenvalue weighted by Gasteiger charge is 2.11. The number of nitrogens with zero attached hydrogens (tertiary/aromatic N) is 1. The largest absolute Gasteiger partial charge is 0.298 e. The van der Waals surface area contributed by atoms with Gasteiger partial charge in [0, 0.05) is 11.0 Å². The van der Waals surface area contributed by atoms with Crippen LogP contribution in [0.25, 0.3) is 16.3 Å². The van der Waals surface area contributed by atoms with E-state index in [0.29, 0.717) is 15.3 Å². The summed E-state index contributed by atoms with van der Waals surface area (Å²) < 4.78 is 23.3. The minimum absolute atomic E-state index is 0.0177. The van der Waals surface area contributed by atoms with E-state index >= 15 is 0 Å². The first kappa shape index (κ1) is 15.8. The normalized spacial score (nSPS) is 12.0. The Kier molecular flexibility index (Phi) is 4.26. The Labute approximate surface area is 140 Å². The minimum atomic E-state index is -3.76. The molecule has 2 heterocycles. The van der Waals surface area contributed by atoms with Crippen LogP contribution in [-0.2, 0) is 14.8 Å². The lowest BCUT2D eigenvalue weighted by Crippen LogP contribution is -2.11. The lowest BCUT2D eigenvalue weighted by molar-refractivity contribution is -0.111. The number of hydrogen-bond acceptors (Lipinski definition) is 6. The maximum absolute atomic E-state index is 11.9. The number of nitrogens with two attached hydrogens (primary N) is 1. The van der Waals surface area contributed by atoms with Crippen molar-refractivity contribution in [3.8, 4) is 0 Å². The molecule has 1 aromatic carbocycles. The van der Waals surface area contributed by atoms with Gasteiger partial charge in [0.15, 0.2) is 5.13 Å². The number of thiazole rings is 1. The monoisotopic (exact) mass is 365 g/mol. The summed E-state index contributed by atoms with van der Waals surface area (Å²) in [7, 11) is -3.76. The maximum Gasteiger partial charge on any atom is 0.250 e. The van der Waals surface area contributed by atoms with Crippen LogP contribution in [-0.4, -0.2) is 19.3 Å². The van der Waals surface area contributed by atoms with Crippen LogP contribution in [0.1, 0.15) is 4.88 Å². The van der Waals surface area contributed by atoms with Crippen molar-refractivity contribution in [1.29, 1.82) is 0 Å². The summed E-state index contributed by atoms with van der Waals surface area (Å²) in [5.74, 6) is -0.302. The molecule has 23 heavy (non-hydrogen) atoms. The van der Waals surface area contributed by atoms with E-state index in [2.05, 4.69) is 10.3 Å². The quantitative estimate of drug-likeness (QED) is 0.694. The molecule has 0 saturated heterocycles. The SMILES string of the molecule is NS(=O)(=O)c1ccc2nc(NC(=O)C=Cc3cccs3)sc2c1. The molecule has 118 valence electrons. The summed E-state index contributed by atoms with van der Waals surface area (Å²) in [5, 5.41) is 10.1. The predicted octanol–water partition coefficient (Wildman–Crippen LogP) is 2.66. The second-order valence-electron chi connectivity index (χ2n) is 4.53. The molecule has 0 aliphatic heterocycles. The number of nitrogens with one attached hydrogen (secondary N) is 1. The van der Waals surface area contributed by atoms with E-state index in [1.807, 2.05) is 17.5 Å². The van der Waals surface area contributed by atoms with Crippen LogP contribution >= 0.6 is 22.7 Å². The number of anilines is 1. The Balaban J connectivity index is 1.79. The van der Waals surface area contributed by atoms with Gasteiger partial charge in [-0.25, -0.2) is 18.5 Å². The third kappa shape index (κ3) is 3.82. The Morgan fingerprint density at radius 1 is 1.30 bits per heavy atom. The van der Waals surface area contributed by atoms with Crippen molar-refractivity contribution in [2.45, 2.75) is 4.90 Å². The molecule has 0 spiro atoms. The fraction of sp³-hybridized carbons (Fsp3) is 0. The van der Waals surface area contributed by atoms with Gasteiger partial charge >= 0.3 is 0 Å². The Morgan fingerprint density at radius 3 is 2.83 bits per heavy atom. The van der Waals surface area contributed by atoms with Gasteiger partial charge in [-0.1, -0.05) is 17.4 Å². The third-order valence-corrected chi connectivity index (χ3v) is 5.54.